The van der Waals surface area contributed by atoms with E-state index >= 15 is 0 Å². The molecule has 0 saturated carbocycles. The van der Waals surface area contributed by atoms with Crippen LogP contribution in [0.15, 0.2) is 48.7 Å². The summed E-state index contributed by atoms with van der Waals surface area (Å²) in [5.74, 6) is 0.891. The van der Waals surface area contributed by atoms with Crippen molar-refractivity contribution in [3.8, 4) is 5.75 Å². The third-order valence-electron chi connectivity index (χ3n) is 3.53. The maximum Gasteiger partial charge on any atom is 0.119 e. The highest BCUT2D eigenvalue weighted by atomic mass is 16.5. The zero-order chi connectivity index (χ0) is 13.9. The molecule has 102 valence electrons. The normalized spacial score (nSPS) is 10.7. The molecule has 20 heavy (non-hydrogen) atoms. The van der Waals surface area contributed by atoms with E-state index in [-0.39, 0.29) is 0 Å². The van der Waals surface area contributed by atoms with Crippen molar-refractivity contribution in [1.29, 1.82) is 0 Å². The maximum atomic E-state index is 5.22. The number of aromatic nitrogens is 1. The summed E-state index contributed by atoms with van der Waals surface area (Å²) in [6.45, 7) is 2.90. The third-order valence-corrected chi connectivity index (χ3v) is 3.53. The Bertz CT molecular complexity index is 731. The average Bonchev–Trinajstić information content (AvgIpc) is 2.93. The Kier molecular flexibility index (Phi) is 3.33. The highest BCUT2D eigenvalue weighted by Gasteiger charge is 2.01. The number of rotatable bonds is 4. The molecule has 2 N–H and O–H groups in total. The minimum atomic E-state index is 0.814. The molecule has 1 aromatic heterocycles. The van der Waals surface area contributed by atoms with Gasteiger partial charge in [0.2, 0.25) is 0 Å². The van der Waals surface area contributed by atoms with Crippen LogP contribution in [0.3, 0.4) is 0 Å². The lowest BCUT2D eigenvalue weighted by Gasteiger charge is -2.11. The van der Waals surface area contributed by atoms with Crippen LogP contribution in [0.4, 0.5) is 5.69 Å². The average molecular weight is 266 g/mol. The van der Waals surface area contributed by atoms with Crippen molar-refractivity contribution < 1.29 is 4.74 Å². The fourth-order valence-electron chi connectivity index (χ4n) is 2.37. The summed E-state index contributed by atoms with van der Waals surface area (Å²) in [6, 6.07) is 14.6. The minimum Gasteiger partial charge on any atom is -0.497 e. The van der Waals surface area contributed by atoms with E-state index < -0.39 is 0 Å². The molecule has 0 aliphatic carbocycles. The fourth-order valence-corrected chi connectivity index (χ4v) is 2.37. The summed E-state index contributed by atoms with van der Waals surface area (Å²) in [5.41, 5.74) is 4.77. The van der Waals surface area contributed by atoms with Gasteiger partial charge in [-0.25, -0.2) is 0 Å². The molecule has 0 fully saturated rings. The van der Waals surface area contributed by atoms with Gasteiger partial charge in [-0.2, -0.15) is 0 Å². The van der Waals surface area contributed by atoms with Gasteiger partial charge in [-0.3, -0.25) is 0 Å². The summed E-state index contributed by atoms with van der Waals surface area (Å²) in [4.78, 5) is 3.21. The Balaban J connectivity index is 1.75. The van der Waals surface area contributed by atoms with Crippen molar-refractivity contribution >= 4 is 16.6 Å². The monoisotopic (exact) mass is 266 g/mol. The molecule has 2 aromatic carbocycles. The molecule has 0 aliphatic rings. The Morgan fingerprint density at radius 2 is 2.00 bits per heavy atom. The molecular formula is C17H18N2O. The second-order valence-corrected chi connectivity index (χ2v) is 4.93. The molecule has 0 atom stereocenters. The van der Waals surface area contributed by atoms with Gasteiger partial charge in [0.15, 0.2) is 0 Å². The molecule has 0 unspecified atom stereocenters. The second kappa shape index (κ2) is 5.29. The van der Waals surface area contributed by atoms with Gasteiger partial charge >= 0.3 is 0 Å². The molecule has 0 bridgehead atoms. The molecule has 0 spiro atoms. The zero-order valence-corrected chi connectivity index (χ0v) is 11.7. The van der Waals surface area contributed by atoms with Crippen LogP contribution >= 0.6 is 0 Å². The van der Waals surface area contributed by atoms with Gasteiger partial charge in [0.1, 0.15) is 5.75 Å². The van der Waals surface area contributed by atoms with Crippen LogP contribution in [-0.4, -0.2) is 12.1 Å². The van der Waals surface area contributed by atoms with Gasteiger partial charge in [-0.1, -0.05) is 6.07 Å². The molecule has 0 aliphatic heterocycles. The number of aryl methyl sites for hydroxylation is 1. The minimum absolute atomic E-state index is 0.814. The number of nitrogens with one attached hydrogen (secondary N) is 2. The molecule has 0 saturated heterocycles. The van der Waals surface area contributed by atoms with Crippen LogP contribution in [-0.2, 0) is 6.54 Å². The first-order valence-electron chi connectivity index (χ1n) is 6.71. The van der Waals surface area contributed by atoms with Crippen LogP contribution in [0.5, 0.6) is 5.75 Å². The van der Waals surface area contributed by atoms with Gasteiger partial charge in [0, 0.05) is 23.9 Å². The Morgan fingerprint density at radius 1 is 1.10 bits per heavy atom. The first-order valence-corrected chi connectivity index (χ1v) is 6.71. The number of ether oxygens (including phenoxy) is 1. The number of aromatic amines is 1. The number of methoxy groups -OCH3 is 1. The number of benzene rings is 2. The van der Waals surface area contributed by atoms with Crippen molar-refractivity contribution in [3.05, 3.63) is 59.8 Å². The molecular weight excluding hydrogens is 248 g/mol. The first kappa shape index (κ1) is 12.6. The Morgan fingerprint density at radius 3 is 2.80 bits per heavy atom. The third kappa shape index (κ3) is 2.48. The van der Waals surface area contributed by atoms with Gasteiger partial charge in [-0.15, -0.1) is 0 Å². The van der Waals surface area contributed by atoms with E-state index in [1.807, 2.05) is 18.3 Å². The molecule has 0 amide bonds. The van der Waals surface area contributed by atoms with E-state index in [9.17, 15) is 0 Å². The SMILES string of the molecule is COc1ccc(NCc2ccc3[nH]ccc3c2)c(C)c1. The van der Waals surface area contributed by atoms with E-state index in [0.717, 1.165) is 18.0 Å². The quantitative estimate of drug-likeness (QED) is 0.746. The number of hydrogen-bond donors (Lipinski definition) is 2. The second-order valence-electron chi connectivity index (χ2n) is 4.93. The van der Waals surface area contributed by atoms with E-state index in [0.29, 0.717) is 0 Å². The summed E-state index contributed by atoms with van der Waals surface area (Å²) in [5, 5.41) is 4.72. The maximum absolute atomic E-state index is 5.22. The van der Waals surface area contributed by atoms with Gasteiger partial charge in [-0.05, 0) is 59.8 Å². The topological polar surface area (TPSA) is 37.0 Å². The predicted octanol–water partition coefficient (Wildman–Crippen LogP) is 4.10. The number of hydrogen-bond acceptors (Lipinski definition) is 2. The summed E-state index contributed by atoms with van der Waals surface area (Å²) in [7, 11) is 1.69. The lowest BCUT2D eigenvalue weighted by molar-refractivity contribution is 0.414. The lowest BCUT2D eigenvalue weighted by atomic mass is 10.1. The van der Waals surface area contributed by atoms with E-state index in [4.69, 9.17) is 4.74 Å². The zero-order valence-electron chi connectivity index (χ0n) is 11.7. The molecule has 3 nitrogen and oxygen atoms in total. The Labute approximate surface area is 118 Å². The predicted molar refractivity (Wildman–Crippen MR) is 83.4 cm³/mol. The summed E-state index contributed by atoms with van der Waals surface area (Å²) < 4.78 is 5.22. The van der Waals surface area contributed by atoms with Crippen molar-refractivity contribution in [3.63, 3.8) is 0 Å². The van der Waals surface area contributed by atoms with Crippen molar-refractivity contribution in [1.82, 2.24) is 4.98 Å². The van der Waals surface area contributed by atoms with Crippen LogP contribution < -0.4 is 10.1 Å². The van der Waals surface area contributed by atoms with E-state index in [1.165, 1.54) is 22.0 Å². The molecule has 0 radical (unpaired) electrons. The molecule has 3 heteroatoms. The van der Waals surface area contributed by atoms with Crippen molar-refractivity contribution in [2.75, 3.05) is 12.4 Å². The van der Waals surface area contributed by atoms with Crippen molar-refractivity contribution in [2.45, 2.75) is 13.5 Å². The summed E-state index contributed by atoms with van der Waals surface area (Å²) >= 11 is 0. The van der Waals surface area contributed by atoms with Crippen LogP contribution in [0.25, 0.3) is 10.9 Å². The van der Waals surface area contributed by atoms with Crippen LogP contribution in [0.1, 0.15) is 11.1 Å². The van der Waals surface area contributed by atoms with Gasteiger partial charge in [0.25, 0.3) is 0 Å². The van der Waals surface area contributed by atoms with Crippen LogP contribution in [0.2, 0.25) is 0 Å². The van der Waals surface area contributed by atoms with Crippen molar-refractivity contribution in [2.24, 2.45) is 0 Å². The number of anilines is 1. The molecule has 3 aromatic rings. The first-order chi connectivity index (χ1) is 9.76. The number of fused-ring (bicyclic) bond motifs is 1. The standard InChI is InChI=1S/C17H18N2O/c1-12-9-15(20-2)4-6-16(12)19-11-13-3-5-17-14(10-13)7-8-18-17/h3-10,18-19H,11H2,1-2H3. The highest BCUT2D eigenvalue weighted by Crippen LogP contribution is 2.22. The lowest BCUT2D eigenvalue weighted by Crippen LogP contribution is -2.01. The van der Waals surface area contributed by atoms with Crippen LogP contribution in [0, 0.1) is 6.92 Å². The van der Waals surface area contributed by atoms with E-state index in [2.05, 4.69) is 47.6 Å². The fraction of sp³-hybridized carbons (Fsp3) is 0.176. The van der Waals surface area contributed by atoms with Gasteiger partial charge in [0.05, 0.1) is 7.11 Å². The largest absolute Gasteiger partial charge is 0.497 e. The van der Waals surface area contributed by atoms with E-state index in [1.54, 1.807) is 7.11 Å². The molecule has 1 heterocycles. The number of H-pyrrole nitrogens is 1. The summed E-state index contributed by atoms with van der Waals surface area (Å²) in [6.07, 6.45) is 1.97. The Hall–Kier alpha value is -2.42. The smallest absolute Gasteiger partial charge is 0.119 e. The highest BCUT2D eigenvalue weighted by molar-refractivity contribution is 5.80. The molecule has 3 rings (SSSR count). The van der Waals surface area contributed by atoms with Gasteiger partial charge < -0.3 is 15.0 Å².